The number of carbonyl (C=O) groups excluding carboxylic acids is 1. The lowest BCUT2D eigenvalue weighted by Gasteiger charge is -2.14. The molecule has 1 amide bonds. The van der Waals surface area contributed by atoms with Crippen LogP contribution in [0.4, 0.5) is 5.69 Å². The molecule has 1 unspecified atom stereocenters. The van der Waals surface area contributed by atoms with Crippen LogP contribution in [0.5, 0.6) is 0 Å². The molecular weight excluding hydrogens is 212 g/mol. The fourth-order valence-electron chi connectivity index (χ4n) is 1.67. The summed E-state index contributed by atoms with van der Waals surface area (Å²) in [6.45, 7) is 6.22. The Labute approximate surface area is 103 Å². The maximum atomic E-state index is 11.8. The first-order chi connectivity index (χ1) is 8.02. The van der Waals surface area contributed by atoms with Gasteiger partial charge in [-0.25, -0.2) is 0 Å². The summed E-state index contributed by atoms with van der Waals surface area (Å²) < 4.78 is 0. The van der Waals surface area contributed by atoms with Gasteiger partial charge in [0, 0.05) is 5.69 Å². The van der Waals surface area contributed by atoms with Crippen LogP contribution in [0.2, 0.25) is 0 Å². The zero-order chi connectivity index (χ0) is 12.8. The second-order valence-electron chi connectivity index (χ2n) is 4.78. The molecule has 17 heavy (non-hydrogen) atoms. The maximum absolute atomic E-state index is 11.8. The molecule has 0 radical (unpaired) electrons. The summed E-state index contributed by atoms with van der Waals surface area (Å²) in [6, 6.07) is 7.44. The lowest BCUT2D eigenvalue weighted by Crippen LogP contribution is -2.36. The molecule has 0 aliphatic rings. The van der Waals surface area contributed by atoms with Gasteiger partial charge in [0.05, 0.1) is 6.04 Å². The Balaban J connectivity index is 2.55. The van der Waals surface area contributed by atoms with Crippen molar-refractivity contribution in [3.8, 4) is 0 Å². The number of hydrogen-bond acceptors (Lipinski definition) is 2. The molecular formula is C14H22N2O. The molecule has 1 aromatic carbocycles. The van der Waals surface area contributed by atoms with Crippen molar-refractivity contribution >= 4 is 11.6 Å². The topological polar surface area (TPSA) is 55.1 Å². The van der Waals surface area contributed by atoms with Gasteiger partial charge >= 0.3 is 0 Å². The number of benzene rings is 1. The number of anilines is 1. The molecule has 1 atom stereocenters. The largest absolute Gasteiger partial charge is 0.325 e. The quantitative estimate of drug-likeness (QED) is 0.822. The Morgan fingerprint density at radius 3 is 2.35 bits per heavy atom. The van der Waals surface area contributed by atoms with Crippen molar-refractivity contribution in [3.63, 3.8) is 0 Å². The third kappa shape index (κ3) is 4.57. The molecule has 3 nitrogen and oxygen atoms in total. The van der Waals surface area contributed by atoms with E-state index in [1.165, 1.54) is 5.56 Å². The van der Waals surface area contributed by atoms with E-state index >= 15 is 0 Å². The van der Waals surface area contributed by atoms with Crippen LogP contribution in [0.25, 0.3) is 0 Å². The van der Waals surface area contributed by atoms with Gasteiger partial charge in [-0.05, 0) is 36.5 Å². The highest BCUT2D eigenvalue weighted by atomic mass is 16.2. The second kappa shape index (κ2) is 6.40. The molecule has 0 aromatic heterocycles. The van der Waals surface area contributed by atoms with Crippen molar-refractivity contribution in [3.05, 3.63) is 29.8 Å². The number of nitrogens with two attached hydrogens (primary N) is 1. The number of hydrogen-bond donors (Lipinski definition) is 2. The van der Waals surface area contributed by atoms with Gasteiger partial charge in [-0.3, -0.25) is 4.79 Å². The lowest BCUT2D eigenvalue weighted by atomic mass is 10.0. The third-order valence-electron chi connectivity index (χ3n) is 2.69. The SMILES string of the molecule is CCc1ccc(NC(=O)C(N)CC(C)C)cc1. The second-order valence-corrected chi connectivity index (χ2v) is 4.78. The van der Waals surface area contributed by atoms with Gasteiger partial charge in [-0.15, -0.1) is 0 Å². The summed E-state index contributed by atoms with van der Waals surface area (Å²) in [6.07, 6.45) is 1.71. The van der Waals surface area contributed by atoms with E-state index in [0.29, 0.717) is 12.3 Å². The number of carbonyl (C=O) groups is 1. The number of rotatable bonds is 5. The van der Waals surface area contributed by atoms with Crippen molar-refractivity contribution in [1.82, 2.24) is 0 Å². The first kappa shape index (κ1) is 13.7. The summed E-state index contributed by atoms with van der Waals surface area (Å²) in [5, 5.41) is 2.83. The fourth-order valence-corrected chi connectivity index (χ4v) is 1.67. The van der Waals surface area contributed by atoms with Gasteiger partial charge in [-0.2, -0.15) is 0 Å². The standard InChI is InChI=1S/C14H22N2O/c1-4-11-5-7-12(8-6-11)16-14(17)13(15)9-10(2)3/h5-8,10,13H,4,9,15H2,1-3H3,(H,16,17). The van der Waals surface area contributed by atoms with E-state index in [1.54, 1.807) is 0 Å². The van der Waals surface area contributed by atoms with Crippen molar-refractivity contribution < 1.29 is 4.79 Å². The van der Waals surface area contributed by atoms with E-state index < -0.39 is 6.04 Å². The predicted molar refractivity (Wildman–Crippen MR) is 71.9 cm³/mol. The summed E-state index contributed by atoms with van der Waals surface area (Å²) in [4.78, 5) is 11.8. The Bertz CT molecular complexity index is 357. The average Bonchev–Trinajstić information content (AvgIpc) is 2.29. The zero-order valence-corrected chi connectivity index (χ0v) is 10.9. The molecule has 94 valence electrons. The molecule has 0 saturated heterocycles. The normalized spacial score (nSPS) is 12.5. The van der Waals surface area contributed by atoms with Crippen molar-refractivity contribution in [2.24, 2.45) is 11.7 Å². The highest BCUT2D eigenvalue weighted by Gasteiger charge is 2.14. The highest BCUT2D eigenvalue weighted by Crippen LogP contribution is 2.11. The molecule has 0 heterocycles. The smallest absolute Gasteiger partial charge is 0.241 e. The van der Waals surface area contributed by atoms with E-state index in [4.69, 9.17) is 5.73 Å². The number of aryl methyl sites for hydroxylation is 1. The van der Waals surface area contributed by atoms with Crippen LogP contribution in [0.1, 0.15) is 32.8 Å². The maximum Gasteiger partial charge on any atom is 0.241 e. The predicted octanol–water partition coefficient (Wildman–Crippen LogP) is 2.56. The summed E-state index contributed by atoms with van der Waals surface area (Å²) in [5.41, 5.74) is 7.88. The van der Waals surface area contributed by atoms with Crippen LogP contribution in [0.15, 0.2) is 24.3 Å². The molecule has 3 heteroatoms. The Hall–Kier alpha value is -1.35. The van der Waals surface area contributed by atoms with Crippen molar-refractivity contribution in [1.29, 1.82) is 0 Å². The summed E-state index contributed by atoms with van der Waals surface area (Å²) in [7, 11) is 0. The van der Waals surface area contributed by atoms with E-state index in [-0.39, 0.29) is 5.91 Å². The first-order valence-corrected chi connectivity index (χ1v) is 6.18. The van der Waals surface area contributed by atoms with Crippen LogP contribution >= 0.6 is 0 Å². The van der Waals surface area contributed by atoms with Gasteiger partial charge in [0.1, 0.15) is 0 Å². The van der Waals surface area contributed by atoms with Gasteiger partial charge in [0.15, 0.2) is 0 Å². The van der Waals surface area contributed by atoms with Gasteiger partial charge < -0.3 is 11.1 Å². The molecule has 1 rings (SSSR count). The molecule has 0 aliphatic heterocycles. The average molecular weight is 234 g/mol. The molecule has 0 spiro atoms. The minimum atomic E-state index is -0.430. The summed E-state index contributed by atoms with van der Waals surface area (Å²) >= 11 is 0. The Morgan fingerprint density at radius 2 is 1.88 bits per heavy atom. The van der Waals surface area contributed by atoms with E-state index in [9.17, 15) is 4.79 Å². The third-order valence-corrected chi connectivity index (χ3v) is 2.69. The van der Waals surface area contributed by atoms with Crippen LogP contribution in [-0.2, 0) is 11.2 Å². The van der Waals surface area contributed by atoms with Crippen molar-refractivity contribution in [2.45, 2.75) is 39.7 Å². The fraction of sp³-hybridized carbons (Fsp3) is 0.500. The number of nitrogens with one attached hydrogen (secondary N) is 1. The molecule has 3 N–H and O–H groups in total. The molecule has 0 fully saturated rings. The molecule has 0 bridgehead atoms. The Kier molecular flexibility index (Phi) is 5.16. The van der Waals surface area contributed by atoms with E-state index in [1.807, 2.05) is 24.3 Å². The molecule has 0 aliphatic carbocycles. The van der Waals surface area contributed by atoms with Gasteiger partial charge in [0.2, 0.25) is 5.91 Å². The van der Waals surface area contributed by atoms with Crippen LogP contribution in [-0.4, -0.2) is 11.9 Å². The monoisotopic (exact) mass is 234 g/mol. The minimum absolute atomic E-state index is 0.108. The van der Waals surface area contributed by atoms with Crippen LogP contribution < -0.4 is 11.1 Å². The minimum Gasteiger partial charge on any atom is -0.325 e. The van der Waals surface area contributed by atoms with Crippen LogP contribution in [0, 0.1) is 5.92 Å². The van der Waals surface area contributed by atoms with E-state index in [0.717, 1.165) is 12.1 Å². The Morgan fingerprint density at radius 1 is 1.29 bits per heavy atom. The van der Waals surface area contributed by atoms with Gasteiger partial charge in [-0.1, -0.05) is 32.9 Å². The number of amides is 1. The van der Waals surface area contributed by atoms with E-state index in [2.05, 4.69) is 26.1 Å². The molecule has 1 aromatic rings. The zero-order valence-electron chi connectivity index (χ0n) is 10.9. The highest BCUT2D eigenvalue weighted by molar-refractivity contribution is 5.94. The summed E-state index contributed by atoms with van der Waals surface area (Å²) in [5.74, 6) is 0.321. The van der Waals surface area contributed by atoms with Crippen LogP contribution in [0.3, 0.4) is 0 Å². The molecule has 0 saturated carbocycles. The first-order valence-electron chi connectivity index (χ1n) is 6.18. The van der Waals surface area contributed by atoms with Crippen molar-refractivity contribution in [2.75, 3.05) is 5.32 Å². The lowest BCUT2D eigenvalue weighted by molar-refractivity contribution is -0.117. The van der Waals surface area contributed by atoms with Gasteiger partial charge in [0.25, 0.3) is 0 Å².